The predicted octanol–water partition coefficient (Wildman–Crippen LogP) is -5.95. The zero-order valence-electron chi connectivity index (χ0n) is 24.4. The molecule has 39 heteroatoms. The smallest absolute Gasteiger partial charge is 0.353 e. The minimum Gasteiger partial charge on any atom is -0.353 e. The van der Waals surface area contributed by atoms with E-state index in [1.807, 2.05) is 0 Å². The van der Waals surface area contributed by atoms with Crippen LogP contribution < -0.4 is 0 Å². The highest BCUT2D eigenvalue weighted by Crippen LogP contribution is 2.35. The zero-order chi connectivity index (χ0) is 40.5. The second-order valence-corrected chi connectivity index (χ2v) is 16.7. The van der Waals surface area contributed by atoms with Crippen molar-refractivity contribution in [3.05, 3.63) is 0 Å². The van der Waals surface area contributed by atoms with Gasteiger partial charge in [-0.1, -0.05) is 0 Å². The standard InChI is InChI=1S/C13H24O32S7/c1-35-12-10(44-51(29,30)31)8(42-49(23,24)25)6(40-47(17,18)19)4(38-12)2-36-13-11(45-52(32,33)34)9(43-50(26,27)28)7(41-48(20,21)22)5(39-13)3-37-46(14,15)16/h4-13H,2-3H2,1H3,(H,14,15,16)(H,17,18,19)(H,20,21,22)(H,23,24,25)(H,26,27,28)(H,29,30,31)(H,32,33,34)/t4-,5-,6-,7-,8+,9+,10+,11+,12+,13+/m1/s1. The molecular weight excluding hydrogens is 893 g/mol. The molecule has 0 spiro atoms. The van der Waals surface area contributed by atoms with Crippen LogP contribution in [0.4, 0.5) is 0 Å². The van der Waals surface area contributed by atoms with Gasteiger partial charge in [-0.15, -0.1) is 0 Å². The molecule has 2 saturated heterocycles. The van der Waals surface area contributed by atoms with Crippen molar-refractivity contribution in [2.24, 2.45) is 0 Å². The molecular formula is C13H24O32S7. The van der Waals surface area contributed by atoms with Crippen LogP contribution >= 0.6 is 0 Å². The molecule has 0 radical (unpaired) electrons. The molecule has 0 amide bonds. The van der Waals surface area contributed by atoms with Crippen LogP contribution in [0.25, 0.3) is 0 Å². The van der Waals surface area contributed by atoms with Gasteiger partial charge >= 0.3 is 72.8 Å². The van der Waals surface area contributed by atoms with E-state index in [1.54, 1.807) is 0 Å². The molecule has 2 aliphatic rings. The monoisotopic (exact) mass is 916 g/mol. The number of rotatable bonds is 19. The third-order valence-corrected chi connectivity index (χ3v) is 8.84. The maximum absolute atomic E-state index is 11.7. The maximum atomic E-state index is 11.7. The molecule has 0 bridgehead atoms. The van der Waals surface area contributed by atoms with Gasteiger partial charge in [-0.3, -0.25) is 31.9 Å². The first-order chi connectivity index (χ1) is 23.1. The van der Waals surface area contributed by atoms with Gasteiger partial charge in [-0.25, -0.2) is 29.3 Å². The van der Waals surface area contributed by atoms with Crippen LogP contribution in [-0.4, -0.2) is 173 Å². The third kappa shape index (κ3) is 16.7. The molecule has 7 N–H and O–H groups in total. The molecule has 0 aromatic carbocycles. The summed E-state index contributed by atoms with van der Waals surface area (Å²) in [5, 5.41) is 0. The Hall–Kier alpha value is -1.07. The van der Waals surface area contributed by atoms with E-state index >= 15 is 0 Å². The Morgan fingerprint density at radius 1 is 0.404 bits per heavy atom. The fourth-order valence-electron chi connectivity index (χ4n) is 4.19. The lowest BCUT2D eigenvalue weighted by molar-refractivity contribution is -0.315. The van der Waals surface area contributed by atoms with Crippen LogP contribution in [-0.2, 0) is 121 Å². The zero-order valence-corrected chi connectivity index (χ0v) is 30.1. The molecule has 2 fully saturated rings. The SMILES string of the molecule is CO[C@H]1O[C@H](CO[C@H]2O[C@H](COS(=O)(=O)O)[C@@H](OS(=O)(=O)O)[C@H](OS(=O)(=O)O)[C@@H]2OS(=O)(=O)O)[C@@H](OS(=O)(=O)O)[C@H](OS(=O)(=O)O)[C@@H]1OS(=O)(=O)O. The molecule has 0 aliphatic carbocycles. The van der Waals surface area contributed by atoms with E-state index in [1.165, 1.54) is 0 Å². The summed E-state index contributed by atoms with van der Waals surface area (Å²) in [7, 11) is -40.2. The van der Waals surface area contributed by atoms with Gasteiger partial charge in [0, 0.05) is 7.11 Å². The largest absolute Gasteiger partial charge is 0.397 e. The number of methoxy groups -OCH3 is 1. The van der Waals surface area contributed by atoms with Crippen molar-refractivity contribution in [1.82, 2.24) is 0 Å². The highest BCUT2D eigenvalue weighted by atomic mass is 32.3. The molecule has 0 saturated carbocycles. The molecule has 2 rings (SSSR count). The van der Waals surface area contributed by atoms with Crippen molar-refractivity contribution in [3.8, 4) is 0 Å². The van der Waals surface area contributed by atoms with Gasteiger partial charge in [-0.2, -0.15) is 58.9 Å². The second-order valence-electron chi connectivity index (χ2n) is 9.30. The lowest BCUT2D eigenvalue weighted by Gasteiger charge is -2.45. The highest BCUT2D eigenvalue weighted by Gasteiger charge is 2.57. The van der Waals surface area contributed by atoms with E-state index in [9.17, 15) is 81.7 Å². The van der Waals surface area contributed by atoms with Crippen molar-refractivity contribution in [2.45, 2.75) is 61.4 Å². The van der Waals surface area contributed by atoms with Crippen LogP contribution in [0, 0.1) is 0 Å². The maximum Gasteiger partial charge on any atom is 0.397 e. The Morgan fingerprint density at radius 2 is 0.692 bits per heavy atom. The Balaban J connectivity index is 2.75. The van der Waals surface area contributed by atoms with Crippen molar-refractivity contribution in [3.63, 3.8) is 0 Å². The highest BCUT2D eigenvalue weighted by molar-refractivity contribution is 7.82. The van der Waals surface area contributed by atoms with Gasteiger partial charge in [0.1, 0.15) is 36.6 Å². The van der Waals surface area contributed by atoms with E-state index in [-0.39, 0.29) is 0 Å². The van der Waals surface area contributed by atoms with E-state index < -0.39 is 147 Å². The Kier molecular flexibility index (Phi) is 15.4. The van der Waals surface area contributed by atoms with Gasteiger partial charge in [-0.05, 0) is 0 Å². The fraction of sp³-hybridized carbons (Fsp3) is 1.00. The molecule has 32 nitrogen and oxygen atoms in total. The van der Waals surface area contributed by atoms with Crippen LogP contribution in [0.5, 0.6) is 0 Å². The lowest BCUT2D eigenvalue weighted by atomic mass is 9.98. The van der Waals surface area contributed by atoms with Gasteiger partial charge < -0.3 is 18.9 Å². The van der Waals surface area contributed by atoms with Crippen LogP contribution in [0.1, 0.15) is 0 Å². The minimum atomic E-state index is -5.98. The molecule has 0 aromatic rings. The summed E-state index contributed by atoms with van der Waals surface area (Å²) in [5.41, 5.74) is 0. The average molecular weight is 917 g/mol. The van der Waals surface area contributed by atoms with E-state index in [2.05, 4.69) is 29.3 Å². The molecule has 2 aliphatic heterocycles. The summed E-state index contributed by atoms with van der Waals surface area (Å²) in [6.45, 7) is -3.35. The van der Waals surface area contributed by atoms with Crippen LogP contribution in [0.15, 0.2) is 0 Å². The van der Waals surface area contributed by atoms with Gasteiger partial charge in [0.25, 0.3) is 0 Å². The third-order valence-electron chi connectivity index (χ3n) is 5.62. The van der Waals surface area contributed by atoms with Crippen molar-refractivity contribution in [2.75, 3.05) is 20.3 Å². The Morgan fingerprint density at radius 3 is 1.02 bits per heavy atom. The predicted molar refractivity (Wildman–Crippen MR) is 146 cm³/mol. The topological polar surface area (TPSA) is 482 Å². The summed E-state index contributed by atoms with van der Waals surface area (Å²) >= 11 is 0. The quantitative estimate of drug-likeness (QED) is 0.0593. The molecule has 310 valence electrons. The first-order valence-corrected chi connectivity index (χ1v) is 21.6. The summed E-state index contributed by atoms with van der Waals surface area (Å²) in [6.07, 6.45) is -28.0. The number of hydrogen-bond donors (Lipinski definition) is 7. The number of hydrogen-bond acceptors (Lipinski definition) is 25. The normalized spacial score (nSPS) is 31.7. The molecule has 0 aromatic heterocycles. The van der Waals surface area contributed by atoms with Crippen LogP contribution in [0.2, 0.25) is 0 Å². The lowest BCUT2D eigenvalue weighted by Crippen LogP contribution is -2.65. The summed E-state index contributed by atoms with van der Waals surface area (Å²) in [6, 6.07) is 0. The van der Waals surface area contributed by atoms with Crippen LogP contribution in [0.3, 0.4) is 0 Å². The Labute approximate surface area is 292 Å². The van der Waals surface area contributed by atoms with Crippen molar-refractivity contribution >= 4 is 72.8 Å². The summed E-state index contributed by atoms with van der Waals surface area (Å²) in [4.78, 5) is 0. The molecule has 10 atom stereocenters. The Bertz CT molecular complexity index is 2020. The molecule has 52 heavy (non-hydrogen) atoms. The number of ether oxygens (including phenoxy) is 4. The first-order valence-electron chi connectivity index (χ1n) is 12.1. The molecule has 2 heterocycles. The first kappa shape index (κ1) is 47.1. The average Bonchev–Trinajstić information content (AvgIpc) is 2.87. The van der Waals surface area contributed by atoms with Crippen molar-refractivity contribution < 1.29 is 139 Å². The second kappa shape index (κ2) is 17.0. The van der Waals surface area contributed by atoms with E-state index in [0.29, 0.717) is 7.11 Å². The van der Waals surface area contributed by atoms with E-state index in [4.69, 9.17) is 28.1 Å². The summed E-state index contributed by atoms with van der Waals surface area (Å²) < 4.78 is 275. The molecule has 0 unspecified atom stereocenters. The van der Waals surface area contributed by atoms with Gasteiger partial charge in [0.05, 0.1) is 13.2 Å². The van der Waals surface area contributed by atoms with Gasteiger partial charge in [0.15, 0.2) is 24.8 Å². The fourth-order valence-corrected chi connectivity index (χ4v) is 7.49. The minimum absolute atomic E-state index is 0.643. The van der Waals surface area contributed by atoms with E-state index in [0.717, 1.165) is 0 Å². The summed E-state index contributed by atoms with van der Waals surface area (Å²) in [5.74, 6) is 0. The van der Waals surface area contributed by atoms with Gasteiger partial charge in [0.2, 0.25) is 0 Å². The van der Waals surface area contributed by atoms with Crippen molar-refractivity contribution in [1.29, 1.82) is 0 Å².